The lowest BCUT2D eigenvalue weighted by Crippen LogP contribution is -2.02. The number of anilines is 1. The van der Waals surface area contributed by atoms with E-state index in [1.807, 2.05) is 25.1 Å². The van der Waals surface area contributed by atoms with Gasteiger partial charge in [0.2, 0.25) is 0 Å². The summed E-state index contributed by atoms with van der Waals surface area (Å²) in [6.45, 7) is 2.45. The predicted molar refractivity (Wildman–Crippen MR) is 76.6 cm³/mol. The van der Waals surface area contributed by atoms with Gasteiger partial charge in [0, 0.05) is 17.1 Å². The van der Waals surface area contributed by atoms with Gasteiger partial charge < -0.3 is 10.4 Å². The molecule has 94 valence electrons. The fourth-order valence-electron chi connectivity index (χ4n) is 1.74. The lowest BCUT2D eigenvalue weighted by Gasteiger charge is -2.12. The fraction of sp³-hybridized carbons (Fsp3) is 0.143. The molecule has 0 radical (unpaired) electrons. The highest BCUT2D eigenvalue weighted by atomic mass is 35.5. The number of aromatic hydroxyl groups is 1. The average Bonchev–Trinajstić information content (AvgIpc) is 2.33. The van der Waals surface area contributed by atoms with Gasteiger partial charge in [0.05, 0.1) is 10.7 Å². The third-order valence-corrected chi connectivity index (χ3v) is 3.27. The molecule has 0 aromatic heterocycles. The van der Waals surface area contributed by atoms with Gasteiger partial charge in [-0.2, -0.15) is 0 Å². The number of benzene rings is 2. The Morgan fingerprint density at radius 2 is 1.94 bits per heavy atom. The maximum Gasteiger partial charge on any atom is 0.120 e. The Kier molecular flexibility index (Phi) is 4.00. The first-order chi connectivity index (χ1) is 8.58. The highest BCUT2D eigenvalue weighted by Gasteiger charge is 2.06. The summed E-state index contributed by atoms with van der Waals surface area (Å²) in [5.41, 5.74) is 2.67. The second-order valence-electron chi connectivity index (χ2n) is 4.06. The van der Waals surface area contributed by atoms with Crippen LogP contribution in [-0.4, -0.2) is 5.11 Å². The Bertz CT molecular complexity index is 549. The molecular formula is C14H13Cl2NO. The molecule has 0 bridgehead atoms. The van der Waals surface area contributed by atoms with Gasteiger partial charge in [0.15, 0.2) is 0 Å². The van der Waals surface area contributed by atoms with E-state index in [1.165, 1.54) is 0 Å². The number of nitrogens with one attached hydrogen (secondary N) is 1. The molecule has 0 amide bonds. The van der Waals surface area contributed by atoms with Crippen LogP contribution >= 0.6 is 23.2 Å². The monoisotopic (exact) mass is 281 g/mol. The van der Waals surface area contributed by atoms with E-state index in [9.17, 15) is 5.11 Å². The Hall–Kier alpha value is -1.38. The first-order valence-corrected chi connectivity index (χ1v) is 6.30. The van der Waals surface area contributed by atoms with Crippen molar-refractivity contribution >= 4 is 28.9 Å². The molecule has 18 heavy (non-hydrogen) atoms. The van der Waals surface area contributed by atoms with Crippen LogP contribution in [0.3, 0.4) is 0 Å². The Labute approximate surface area is 116 Å². The van der Waals surface area contributed by atoms with Crippen molar-refractivity contribution < 1.29 is 5.11 Å². The van der Waals surface area contributed by atoms with Gasteiger partial charge in [-0.3, -0.25) is 0 Å². The van der Waals surface area contributed by atoms with Crippen LogP contribution in [-0.2, 0) is 6.54 Å². The summed E-state index contributed by atoms with van der Waals surface area (Å²) in [6.07, 6.45) is 0. The zero-order chi connectivity index (χ0) is 13.1. The number of hydrogen-bond donors (Lipinski definition) is 2. The smallest absolute Gasteiger partial charge is 0.120 e. The Morgan fingerprint density at radius 1 is 1.17 bits per heavy atom. The minimum atomic E-state index is 0.219. The van der Waals surface area contributed by atoms with Crippen molar-refractivity contribution in [2.75, 3.05) is 5.32 Å². The van der Waals surface area contributed by atoms with Gasteiger partial charge in [0.25, 0.3) is 0 Å². The molecule has 2 aromatic rings. The van der Waals surface area contributed by atoms with Crippen LogP contribution in [0, 0.1) is 6.92 Å². The molecule has 0 atom stereocenters. The van der Waals surface area contributed by atoms with E-state index in [-0.39, 0.29) is 5.75 Å². The molecular weight excluding hydrogens is 269 g/mol. The van der Waals surface area contributed by atoms with E-state index in [0.29, 0.717) is 16.6 Å². The molecule has 2 N–H and O–H groups in total. The molecule has 0 saturated heterocycles. The average molecular weight is 282 g/mol. The first-order valence-electron chi connectivity index (χ1n) is 5.54. The second-order valence-corrected chi connectivity index (χ2v) is 4.90. The summed E-state index contributed by atoms with van der Waals surface area (Å²) < 4.78 is 0. The third kappa shape index (κ3) is 2.89. The van der Waals surface area contributed by atoms with Crippen molar-refractivity contribution in [3.63, 3.8) is 0 Å². The number of rotatable bonds is 3. The first kappa shape index (κ1) is 13.1. The number of phenolic OH excluding ortho intramolecular Hbond substituents is 1. The van der Waals surface area contributed by atoms with Crippen molar-refractivity contribution in [3.8, 4) is 5.75 Å². The zero-order valence-corrected chi connectivity index (χ0v) is 11.4. The maximum absolute atomic E-state index is 9.72. The van der Waals surface area contributed by atoms with Crippen molar-refractivity contribution in [2.45, 2.75) is 13.5 Å². The molecule has 0 aliphatic carbocycles. The van der Waals surface area contributed by atoms with Crippen LogP contribution in [0.25, 0.3) is 0 Å². The number of para-hydroxylation sites is 1. The van der Waals surface area contributed by atoms with Crippen molar-refractivity contribution in [1.82, 2.24) is 0 Å². The van der Waals surface area contributed by atoms with Crippen molar-refractivity contribution in [1.29, 1.82) is 0 Å². The van der Waals surface area contributed by atoms with Gasteiger partial charge in [0.1, 0.15) is 5.75 Å². The van der Waals surface area contributed by atoms with E-state index in [0.717, 1.165) is 16.8 Å². The minimum Gasteiger partial charge on any atom is -0.508 e. The summed E-state index contributed by atoms with van der Waals surface area (Å²) in [5.74, 6) is 0.219. The molecule has 2 nitrogen and oxygen atoms in total. The zero-order valence-electron chi connectivity index (χ0n) is 9.87. The number of aryl methyl sites for hydroxylation is 1. The van der Waals surface area contributed by atoms with E-state index >= 15 is 0 Å². The van der Waals surface area contributed by atoms with E-state index in [1.54, 1.807) is 18.2 Å². The van der Waals surface area contributed by atoms with E-state index in [4.69, 9.17) is 23.2 Å². The summed E-state index contributed by atoms with van der Waals surface area (Å²) in [5, 5.41) is 14.2. The van der Waals surface area contributed by atoms with Gasteiger partial charge in [-0.1, -0.05) is 35.3 Å². The highest BCUT2D eigenvalue weighted by molar-refractivity contribution is 6.33. The largest absolute Gasteiger partial charge is 0.508 e. The molecule has 0 unspecified atom stereocenters. The van der Waals surface area contributed by atoms with Crippen LogP contribution in [0.4, 0.5) is 5.69 Å². The molecule has 0 aliphatic heterocycles. The summed E-state index contributed by atoms with van der Waals surface area (Å²) >= 11 is 12.0. The van der Waals surface area contributed by atoms with Crippen molar-refractivity contribution in [3.05, 3.63) is 57.6 Å². The normalized spacial score (nSPS) is 10.4. The van der Waals surface area contributed by atoms with Crippen molar-refractivity contribution in [2.24, 2.45) is 0 Å². The summed E-state index contributed by atoms with van der Waals surface area (Å²) in [6, 6.07) is 10.7. The van der Waals surface area contributed by atoms with E-state index in [2.05, 4.69) is 5.32 Å². The third-order valence-electron chi connectivity index (χ3n) is 2.72. The minimum absolute atomic E-state index is 0.219. The summed E-state index contributed by atoms with van der Waals surface area (Å²) in [7, 11) is 0. The molecule has 2 aromatic carbocycles. The highest BCUT2D eigenvalue weighted by Crippen LogP contribution is 2.27. The van der Waals surface area contributed by atoms with Crippen LogP contribution in [0.5, 0.6) is 5.75 Å². The van der Waals surface area contributed by atoms with E-state index < -0.39 is 0 Å². The predicted octanol–water partition coefficient (Wildman–Crippen LogP) is 4.62. The topological polar surface area (TPSA) is 32.3 Å². The number of phenols is 1. The molecule has 2 rings (SSSR count). The van der Waals surface area contributed by atoms with Gasteiger partial charge in [-0.25, -0.2) is 0 Å². The van der Waals surface area contributed by atoms with Crippen LogP contribution in [0.1, 0.15) is 11.1 Å². The quantitative estimate of drug-likeness (QED) is 0.861. The molecule has 0 aliphatic rings. The van der Waals surface area contributed by atoms with Gasteiger partial charge >= 0.3 is 0 Å². The SMILES string of the molecule is Cc1cccc(Cl)c1NCc1cc(Cl)ccc1O. The molecule has 0 spiro atoms. The molecule has 4 heteroatoms. The standard InChI is InChI=1S/C14H13Cl2NO/c1-9-3-2-4-12(16)14(9)17-8-10-7-11(15)5-6-13(10)18/h2-7,17-18H,8H2,1H3. The molecule has 0 fully saturated rings. The van der Waals surface area contributed by atoms with Crippen LogP contribution < -0.4 is 5.32 Å². The Balaban J connectivity index is 2.19. The van der Waals surface area contributed by atoms with Gasteiger partial charge in [-0.15, -0.1) is 0 Å². The fourth-order valence-corrected chi connectivity index (χ4v) is 2.22. The van der Waals surface area contributed by atoms with Crippen LogP contribution in [0.15, 0.2) is 36.4 Å². The maximum atomic E-state index is 9.72. The van der Waals surface area contributed by atoms with Crippen LogP contribution in [0.2, 0.25) is 10.0 Å². The number of hydrogen-bond acceptors (Lipinski definition) is 2. The lowest BCUT2D eigenvalue weighted by atomic mass is 10.1. The lowest BCUT2D eigenvalue weighted by molar-refractivity contribution is 0.469. The Morgan fingerprint density at radius 3 is 2.67 bits per heavy atom. The summed E-state index contributed by atoms with van der Waals surface area (Å²) in [4.78, 5) is 0. The van der Waals surface area contributed by atoms with Gasteiger partial charge in [-0.05, 0) is 36.8 Å². The second kappa shape index (κ2) is 5.51. The molecule has 0 heterocycles. The number of halogens is 2. The molecule has 0 saturated carbocycles.